The van der Waals surface area contributed by atoms with Gasteiger partial charge in [0.05, 0.1) is 0 Å². The van der Waals surface area contributed by atoms with E-state index in [1.54, 1.807) is 19.1 Å². The fourth-order valence-electron chi connectivity index (χ4n) is 2.42. The SMILES string of the molecule is CCCC1NC(=O)C(C)N(Cc2ccc(Br)cc2F)C1=O. The first-order chi connectivity index (χ1) is 9.93. The van der Waals surface area contributed by atoms with Crippen LogP contribution in [0.4, 0.5) is 4.39 Å². The smallest absolute Gasteiger partial charge is 0.246 e. The molecule has 2 amide bonds. The van der Waals surface area contributed by atoms with E-state index in [-0.39, 0.29) is 24.2 Å². The molecule has 0 spiro atoms. The van der Waals surface area contributed by atoms with Crippen LogP contribution in [0.15, 0.2) is 22.7 Å². The summed E-state index contributed by atoms with van der Waals surface area (Å²) in [5.74, 6) is -0.723. The number of halogens is 2. The van der Waals surface area contributed by atoms with Crippen molar-refractivity contribution in [3.05, 3.63) is 34.1 Å². The number of piperazine rings is 1. The van der Waals surface area contributed by atoms with Crippen molar-refractivity contribution in [3.63, 3.8) is 0 Å². The number of nitrogens with zero attached hydrogens (tertiary/aromatic N) is 1. The monoisotopic (exact) mass is 356 g/mol. The lowest BCUT2D eigenvalue weighted by Crippen LogP contribution is -2.61. The Morgan fingerprint density at radius 2 is 2.10 bits per heavy atom. The molecule has 0 bridgehead atoms. The highest BCUT2D eigenvalue weighted by Gasteiger charge is 2.37. The van der Waals surface area contributed by atoms with Crippen molar-refractivity contribution in [2.75, 3.05) is 0 Å². The van der Waals surface area contributed by atoms with Crippen molar-refractivity contribution < 1.29 is 14.0 Å². The third-order valence-electron chi connectivity index (χ3n) is 3.68. The van der Waals surface area contributed by atoms with Crippen LogP contribution in [0.3, 0.4) is 0 Å². The van der Waals surface area contributed by atoms with E-state index in [1.165, 1.54) is 11.0 Å². The molecule has 1 fully saturated rings. The van der Waals surface area contributed by atoms with Gasteiger partial charge in [0.25, 0.3) is 0 Å². The van der Waals surface area contributed by atoms with Gasteiger partial charge in [0.1, 0.15) is 17.9 Å². The summed E-state index contributed by atoms with van der Waals surface area (Å²) in [4.78, 5) is 25.8. The van der Waals surface area contributed by atoms with Crippen LogP contribution < -0.4 is 5.32 Å². The summed E-state index contributed by atoms with van der Waals surface area (Å²) in [7, 11) is 0. The van der Waals surface area contributed by atoms with Crippen LogP contribution in [0.2, 0.25) is 0 Å². The van der Waals surface area contributed by atoms with Gasteiger partial charge < -0.3 is 10.2 Å². The fourth-order valence-corrected chi connectivity index (χ4v) is 2.75. The molecule has 6 heteroatoms. The summed E-state index contributed by atoms with van der Waals surface area (Å²) in [6.45, 7) is 3.72. The van der Waals surface area contributed by atoms with Gasteiger partial charge in [0.2, 0.25) is 11.8 Å². The van der Waals surface area contributed by atoms with Gasteiger partial charge in [0, 0.05) is 16.6 Å². The van der Waals surface area contributed by atoms with Crippen LogP contribution in [0.1, 0.15) is 32.3 Å². The second-order valence-corrected chi connectivity index (χ2v) is 6.14. The van der Waals surface area contributed by atoms with Crippen LogP contribution in [-0.4, -0.2) is 28.8 Å². The molecular formula is C15H18BrFN2O2. The lowest BCUT2D eigenvalue weighted by molar-refractivity contribution is -0.149. The molecule has 114 valence electrons. The van der Waals surface area contributed by atoms with Gasteiger partial charge >= 0.3 is 0 Å². The summed E-state index contributed by atoms with van der Waals surface area (Å²) in [6, 6.07) is 3.62. The average molecular weight is 357 g/mol. The van der Waals surface area contributed by atoms with Crippen molar-refractivity contribution in [1.29, 1.82) is 0 Å². The molecule has 21 heavy (non-hydrogen) atoms. The van der Waals surface area contributed by atoms with Crippen molar-refractivity contribution in [3.8, 4) is 0 Å². The molecule has 1 aliphatic rings. The Balaban J connectivity index is 2.22. The van der Waals surface area contributed by atoms with Gasteiger partial charge in [-0.25, -0.2) is 4.39 Å². The van der Waals surface area contributed by atoms with Crippen LogP contribution in [0, 0.1) is 5.82 Å². The molecule has 0 radical (unpaired) electrons. The molecule has 1 aromatic carbocycles. The topological polar surface area (TPSA) is 49.4 Å². The zero-order valence-corrected chi connectivity index (χ0v) is 13.6. The summed E-state index contributed by atoms with van der Waals surface area (Å²) in [6.07, 6.45) is 1.39. The molecule has 0 saturated carbocycles. The van der Waals surface area contributed by atoms with Crippen LogP contribution >= 0.6 is 15.9 Å². The molecule has 2 atom stereocenters. The predicted molar refractivity (Wildman–Crippen MR) is 81.0 cm³/mol. The number of benzene rings is 1. The highest BCUT2D eigenvalue weighted by Crippen LogP contribution is 2.20. The Morgan fingerprint density at radius 1 is 1.38 bits per heavy atom. The standard InChI is InChI=1S/C15H18BrFN2O2/c1-3-4-13-15(21)19(9(2)14(20)18-13)8-10-5-6-11(16)7-12(10)17/h5-7,9,13H,3-4,8H2,1-2H3,(H,18,20). The van der Waals surface area contributed by atoms with Gasteiger partial charge in [-0.2, -0.15) is 0 Å². The molecule has 2 rings (SSSR count). The Morgan fingerprint density at radius 3 is 2.71 bits per heavy atom. The zero-order chi connectivity index (χ0) is 15.6. The number of rotatable bonds is 4. The summed E-state index contributed by atoms with van der Waals surface area (Å²) in [5, 5.41) is 2.72. The molecule has 0 aromatic heterocycles. The molecule has 1 saturated heterocycles. The van der Waals surface area contributed by atoms with Gasteiger partial charge in [-0.15, -0.1) is 0 Å². The zero-order valence-electron chi connectivity index (χ0n) is 12.0. The van der Waals surface area contributed by atoms with E-state index in [1.807, 2.05) is 6.92 Å². The first kappa shape index (κ1) is 15.9. The molecule has 0 aliphatic carbocycles. The Labute approximate surface area is 131 Å². The van der Waals surface area contributed by atoms with Gasteiger partial charge in [-0.05, 0) is 25.5 Å². The predicted octanol–water partition coefficient (Wildman–Crippen LogP) is 2.60. The molecule has 1 aliphatic heterocycles. The summed E-state index contributed by atoms with van der Waals surface area (Å²) < 4.78 is 14.6. The summed E-state index contributed by atoms with van der Waals surface area (Å²) in [5.41, 5.74) is 0.406. The van der Waals surface area contributed by atoms with E-state index in [0.717, 1.165) is 6.42 Å². The van der Waals surface area contributed by atoms with Crippen molar-refractivity contribution in [2.45, 2.75) is 45.3 Å². The van der Waals surface area contributed by atoms with Crippen LogP contribution in [0.5, 0.6) is 0 Å². The maximum atomic E-state index is 13.9. The molecule has 1 heterocycles. The first-order valence-electron chi connectivity index (χ1n) is 6.98. The average Bonchev–Trinajstić information content (AvgIpc) is 2.43. The van der Waals surface area contributed by atoms with E-state index < -0.39 is 12.1 Å². The number of hydrogen-bond acceptors (Lipinski definition) is 2. The normalized spacial score (nSPS) is 22.4. The molecule has 1 N–H and O–H groups in total. The minimum atomic E-state index is -0.589. The third-order valence-corrected chi connectivity index (χ3v) is 4.17. The van der Waals surface area contributed by atoms with E-state index in [9.17, 15) is 14.0 Å². The first-order valence-corrected chi connectivity index (χ1v) is 7.78. The second kappa shape index (κ2) is 6.56. The van der Waals surface area contributed by atoms with E-state index in [4.69, 9.17) is 0 Å². The quantitative estimate of drug-likeness (QED) is 0.901. The number of hydrogen-bond donors (Lipinski definition) is 1. The Hall–Kier alpha value is -1.43. The lowest BCUT2D eigenvalue weighted by Gasteiger charge is -2.37. The Bertz CT molecular complexity index is 565. The largest absolute Gasteiger partial charge is 0.343 e. The number of amides is 2. The van der Waals surface area contributed by atoms with Crippen molar-refractivity contribution in [1.82, 2.24) is 10.2 Å². The molecule has 1 aromatic rings. The van der Waals surface area contributed by atoms with Gasteiger partial charge in [-0.1, -0.05) is 35.3 Å². The van der Waals surface area contributed by atoms with E-state index in [2.05, 4.69) is 21.2 Å². The van der Waals surface area contributed by atoms with Crippen molar-refractivity contribution in [2.24, 2.45) is 0 Å². The highest BCUT2D eigenvalue weighted by molar-refractivity contribution is 9.10. The van der Waals surface area contributed by atoms with Gasteiger partial charge in [-0.3, -0.25) is 9.59 Å². The van der Waals surface area contributed by atoms with E-state index >= 15 is 0 Å². The number of nitrogens with one attached hydrogen (secondary N) is 1. The lowest BCUT2D eigenvalue weighted by atomic mass is 10.0. The minimum Gasteiger partial charge on any atom is -0.343 e. The fraction of sp³-hybridized carbons (Fsp3) is 0.467. The number of carbonyl (C=O) groups is 2. The third kappa shape index (κ3) is 3.43. The van der Waals surface area contributed by atoms with Gasteiger partial charge in [0.15, 0.2) is 0 Å². The van der Waals surface area contributed by atoms with Crippen LogP contribution in [0.25, 0.3) is 0 Å². The maximum Gasteiger partial charge on any atom is 0.246 e. The van der Waals surface area contributed by atoms with Crippen LogP contribution in [-0.2, 0) is 16.1 Å². The second-order valence-electron chi connectivity index (χ2n) is 5.23. The van der Waals surface area contributed by atoms with E-state index in [0.29, 0.717) is 16.5 Å². The molecule has 2 unspecified atom stereocenters. The molecule has 4 nitrogen and oxygen atoms in total. The Kier molecular flexibility index (Phi) is 4.98. The number of carbonyl (C=O) groups excluding carboxylic acids is 2. The minimum absolute atomic E-state index is 0.104. The summed E-state index contributed by atoms with van der Waals surface area (Å²) >= 11 is 3.20. The van der Waals surface area contributed by atoms with Crippen molar-refractivity contribution >= 4 is 27.7 Å². The molecular weight excluding hydrogens is 339 g/mol. The maximum absolute atomic E-state index is 13.9. The highest BCUT2D eigenvalue weighted by atomic mass is 79.9.